The van der Waals surface area contributed by atoms with Gasteiger partial charge in [0.25, 0.3) is 0 Å². The number of rotatable bonds is 2. The minimum Gasteiger partial charge on any atom is -0.352 e. The molecule has 1 spiro atoms. The van der Waals surface area contributed by atoms with Crippen molar-refractivity contribution in [2.24, 2.45) is 11.1 Å². The molecule has 0 aromatic heterocycles. The third kappa shape index (κ3) is 3.63. The number of urea groups is 2. The van der Waals surface area contributed by atoms with E-state index in [9.17, 15) is 9.59 Å². The first-order valence-electron chi connectivity index (χ1n) is 10.4. The van der Waals surface area contributed by atoms with Crippen LogP contribution in [-0.2, 0) is 0 Å². The van der Waals surface area contributed by atoms with Crippen LogP contribution in [0.1, 0.15) is 51.4 Å². The van der Waals surface area contributed by atoms with Crippen LogP contribution in [0.15, 0.2) is 0 Å². The summed E-state index contributed by atoms with van der Waals surface area (Å²) < 4.78 is 0. The van der Waals surface area contributed by atoms with Gasteiger partial charge in [0.2, 0.25) is 0 Å². The number of likely N-dealkylation sites (tertiary alicyclic amines) is 3. The number of piperidine rings is 2. The molecule has 3 N–H and O–H groups in total. The molecule has 1 aliphatic carbocycles. The fourth-order valence-electron chi connectivity index (χ4n) is 5.63. The maximum atomic E-state index is 12.9. The molecule has 7 nitrogen and oxygen atoms in total. The van der Waals surface area contributed by atoms with Gasteiger partial charge < -0.3 is 25.8 Å². The summed E-state index contributed by atoms with van der Waals surface area (Å²) >= 11 is 0. The molecule has 7 heteroatoms. The van der Waals surface area contributed by atoms with E-state index >= 15 is 0 Å². The van der Waals surface area contributed by atoms with Crippen molar-refractivity contribution in [3.05, 3.63) is 0 Å². The molecule has 4 fully saturated rings. The molecule has 4 amide bonds. The zero-order valence-electron chi connectivity index (χ0n) is 15.8. The van der Waals surface area contributed by atoms with E-state index in [2.05, 4.69) is 15.1 Å². The SMILES string of the molecule is NC(=O)NC1CC2(CCN(C(=O)N3CCC(N4CCCCC4)CC3)C2)C1. The average Bonchev–Trinajstić information content (AvgIpc) is 3.07. The Bertz CT molecular complexity index is 534. The minimum absolute atomic E-state index is 0.197. The van der Waals surface area contributed by atoms with Crippen molar-refractivity contribution in [1.82, 2.24) is 20.0 Å². The van der Waals surface area contributed by atoms with E-state index in [0.29, 0.717) is 6.04 Å². The monoisotopic (exact) mass is 363 g/mol. The highest BCUT2D eigenvalue weighted by molar-refractivity contribution is 5.75. The van der Waals surface area contributed by atoms with Crippen LogP contribution in [0.25, 0.3) is 0 Å². The molecule has 3 heterocycles. The lowest BCUT2D eigenvalue weighted by Crippen LogP contribution is -2.54. The van der Waals surface area contributed by atoms with Crippen LogP contribution in [0, 0.1) is 5.41 Å². The molecule has 3 saturated heterocycles. The molecule has 0 aromatic carbocycles. The molecule has 0 aromatic rings. The van der Waals surface area contributed by atoms with Crippen LogP contribution in [0.5, 0.6) is 0 Å². The summed E-state index contributed by atoms with van der Waals surface area (Å²) in [5, 5.41) is 2.79. The van der Waals surface area contributed by atoms with Crippen LogP contribution in [-0.4, -0.2) is 78.1 Å². The molecule has 26 heavy (non-hydrogen) atoms. The maximum Gasteiger partial charge on any atom is 0.320 e. The quantitative estimate of drug-likeness (QED) is 0.781. The first kappa shape index (κ1) is 17.9. The lowest BCUT2D eigenvalue weighted by molar-refractivity contribution is 0.0786. The number of carbonyl (C=O) groups excluding carboxylic acids is 2. The van der Waals surface area contributed by atoms with Crippen LogP contribution < -0.4 is 11.1 Å². The summed E-state index contributed by atoms with van der Waals surface area (Å²) in [7, 11) is 0. The van der Waals surface area contributed by atoms with Crippen molar-refractivity contribution in [1.29, 1.82) is 0 Å². The number of primary amides is 1. The molecule has 146 valence electrons. The summed E-state index contributed by atoms with van der Waals surface area (Å²) in [6.45, 7) is 5.98. The van der Waals surface area contributed by atoms with Gasteiger partial charge in [0.1, 0.15) is 0 Å². The Morgan fingerprint density at radius 3 is 2.27 bits per heavy atom. The zero-order chi connectivity index (χ0) is 18.1. The highest BCUT2D eigenvalue weighted by Crippen LogP contribution is 2.48. The first-order valence-corrected chi connectivity index (χ1v) is 10.4. The molecule has 4 aliphatic rings. The summed E-state index contributed by atoms with van der Waals surface area (Å²) in [6.07, 6.45) is 9.25. The second-order valence-corrected chi connectivity index (χ2v) is 8.88. The highest BCUT2D eigenvalue weighted by atomic mass is 16.2. The lowest BCUT2D eigenvalue weighted by Gasteiger charge is -2.45. The third-order valence-electron chi connectivity index (χ3n) is 7.06. The smallest absolute Gasteiger partial charge is 0.320 e. The van der Waals surface area contributed by atoms with Crippen molar-refractivity contribution in [3.63, 3.8) is 0 Å². The largest absolute Gasteiger partial charge is 0.352 e. The maximum absolute atomic E-state index is 12.9. The Kier molecular flexibility index (Phi) is 4.99. The number of nitrogens with zero attached hydrogens (tertiary/aromatic N) is 3. The Morgan fingerprint density at radius 1 is 0.923 bits per heavy atom. The Hall–Kier alpha value is -1.50. The van der Waals surface area contributed by atoms with Gasteiger partial charge in [0.05, 0.1) is 0 Å². The van der Waals surface area contributed by atoms with Gasteiger partial charge in [-0.05, 0) is 63.5 Å². The molecule has 4 rings (SSSR count). The van der Waals surface area contributed by atoms with Crippen LogP contribution in [0.4, 0.5) is 9.59 Å². The van der Waals surface area contributed by atoms with Crippen LogP contribution in [0.2, 0.25) is 0 Å². The van der Waals surface area contributed by atoms with E-state index in [4.69, 9.17) is 5.73 Å². The number of nitrogens with one attached hydrogen (secondary N) is 1. The fraction of sp³-hybridized carbons (Fsp3) is 0.895. The number of amides is 4. The van der Waals surface area contributed by atoms with Crippen molar-refractivity contribution in [2.45, 2.75) is 63.5 Å². The minimum atomic E-state index is -0.438. The van der Waals surface area contributed by atoms with Gasteiger partial charge in [-0.3, -0.25) is 0 Å². The Labute approximate surface area is 156 Å². The van der Waals surface area contributed by atoms with Crippen LogP contribution in [0.3, 0.4) is 0 Å². The second kappa shape index (κ2) is 7.25. The first-order chi connectivity index (χ1) is 12.5. The molecule has 0 atom stereocenters. The topological polar surface area (TPSA) is 81.9 Å². The predicted octanol–water partition coefficient (Wildman–Crippen LogP) is 1.58. The van der Waals surface area contributed by atoms with E-state index < -0.39 is 6.03 Å². The van der Waals surface area contributed by atoms with Crippen LogP contribution >= 0.6 is 0 Å². The van der Waals surface area contributed by atoms with E-state index in [1.807, 2.05) is 4.90 Å². The van der Waals surface area contributed by atoms with Gasteiger partial charge in [-0.2, -0.15) is 0 Å². The number of nitrogens with two attached hydrogens (primary N) is 1. The van der Waals surface area contributed by atoms with Gasteiger partial charge in [0.15, 0.2) is 0 Å². The molecule has 3 aliphatic heterocycles. The molecule has 0 bridgehead atoms. The second-order valence-electron chi connectivity index (χ2n) is 8.88. The molecular weight excluding hydrogens is 330 g/mol. The molecular formula is C19H33N5O2. The van der Waals surface area contributed by atoms with E-state index in [-0.39, 0.29) is 17.5 Å². The van der Waals surface area contributed by atoms with E-state index in [0.717, 1.165) is 58.3 Å². The standard InChI is InChI=1S/C19H33N5O2/c20-17(25)21-15-12-19(13-15)6-11-24(14-19)18(26)23-9-4-16(5-10-23)22-7-2-1-3-8-22/h15-16H,1-14H2,(H3,20,21,25). The Morgan fingerprint density at radius 2 is 1.62 bits per heavy atom. The number of hydrogen-bond donors (Lipinski definition) is 2. The summed E-state index contributed by atoms with van der Waals surface area (Å²) in [5.74, 6) is 0. The molecule has 1 saturated carbocycles. The van der Waals surface area contributed by atoms with Gasteiger partial charge in [-0.1, -0.05) is 6.42 Å². The van der Waals surface area contributed by atoms with E-state index in [1.165, 1.54) is 32.4 Å². The normalized spacial score (nSPS) is 33.3. The average molecular weight is 364 g/mol. The van der Waals surface area contributed by atoms with Crippen molar-refractivity contribution in [3.8, 4) is 0 Å². The van der Waals surface area contributed by atoms with E-state index in [1.54, 1.807) is 0 Å². The fourth-order valence-corrected chi connectivity index (χ4v) is 5.63. The summed E-state index contributed by atoms with van der Waals surface area (Å²) in [6, 6.07) is 0.664. The Balaban J connectivity index is 1.23. The predicted molar refractivity (Wildman–Crippen MR) is 99.8 cm³/mol. The summed E-state index contributed by atoms with van der Waals surface area (Å²) in [4.78, 5) is 30.6. The molecule has 0 radical (unpaired) electrons. The van der Waals surface area contributed by atoms with Gasteiger partial charge in [0, 0.05) is 38.3 Å². The number of carbonyl (C=O) groups is 2. The van der Waals surface area contributed by atoms with Gasteiger partial charge in [-0.25, -0.2) is 9.59 Å². The lowest BCUT2D eigenvalue weighted by atomic mass is 9.65. The third-order valence-corrected chi connectivity index (χ3v) is 7.06. The molecule has 0 unspecified atom stereocenters. The van der Waals surface area contributed by atoms with Gasteiger partial charge >= 0.3 is 12.1 Å². The van der Waals surface area contributed by atoms with Crippen molar-refractivity contribution >= 4 is 12.1 Å². The van der Waals surface area contributed by atoms with Crippen molar-refractivity contribution < 1.29 is 9.59 Å². The van der Waals surface area contributed by atoms with Crippen molar-refractivity contribution in [2.75, 3.05) is 39.3 Å². The van der Waals surface area contributed by atoms with Gasteiger partial charge in [-0.15, -0.1) is 0 Å². The number of hydrogen-bond acceptors (Lipinski definition) is 3. The zero-order valence-corrected chi connectivity index (χ0v) is 15.8. The highest BCUT2D eigenvalue weighted by Gasteiger charge is 2.50. The summed E-state index contributed by atoms with van der Waals surface area (Å²) in [5.41, 5.74) is 5.42.